The van der Waals surface area contributed by atoms with E-state index in [0.29, 0.717) is 8.61 Å². The molecule has 2 fully saturated rings. The van der Waals surface area contributed by atoms with Gasteiger partial charge in [-0.25, -0.2) is 25.4 Å². The summed E-state index contributed by atoms with van der Waals surface area (Å²) in [5.41, 5.74) is 0. The van der Waals surface area contributed by atoms with Gasteiger partial charge in [0.05, 0.1) is 0 Å². The van der Waals surface area contributed by atoms with E-state index in [-0.39, 0.29) is 129 Å². The summed E-state index contributed by atoms with van der Waals surface area (Å²) in [7, 11) is -8.96. The molecule has 14 heteroatoms. The first-order valence-electron chi connectivity index (χ1n) is 4.56. The van der Waals surface area contributed by atoms with E-state index in [4.69, 9.17) is 0 Å². The van der Waals surface area contributed by atoms with Crippen molar-refractivity contribution < 1.29 is 138 Å². The molecule has 0 atom stereocenters. The molecule has 0 radical (unpaired) electrons. The standard InChI is InChI=1S/2C3H5NO4S.2K/c2*5-3-1-2-4(3)9(6,7)8;;/h2*1-2H2,(H,6,7,8);;/q;;2*+1/p-2. The van der Waals surface area contributed by atoms with Crippen LogP contribution in [0.15, 0.2) is 0 Å². The van der Waals surface area contributed by atoms with E-state index in [9.17, 15) is 35.5 Å². The molecule has 0 N–H and O–H groups in total. The SMILES string of the molecule is O=C1CCN1S(=O)(=O)[O-].O=C1CCN1S(=O)(=O)[O-].[K+].[K+]. The van der Waals surface area contributed by atoms with Crippen LogP contribution in [0.4, 0.5) is 0 Å². The maximum absolute atomic E-state index is 10.2. The number of hydrogen-bond donors (Lipinski definition) is 0. The topological polar surface area (TPSA) is 155 Å². The third-order valence-corrected chi connectivity index (χ3v) is 4.01. The average molecular weight is 378 g/mol. The maximum Gasteiger partial charge on any atom is 1.00 e. The molecule has 0 unspecified atom stereocenters. The molecule has 0 aliphatic carbocycles. The molecule has 0 aromatic heterocycles. The number of amides is 2. The monoisotopic (exact) mass is 378 g/mol. The van der Waals surface area contributed by atoms with E-state index in [0.717, 1.165) is 0 Å². The van der Waals surface area contributed by atoms with E-state index in [1.54, 1.807) is 0 Å². The zero-order valence-corrected chi connectivity index (χ0v) is 18.7. The molecule has 0 saturated carbocycles. The minimum atomic E-state index is -4.48. The molecular weight excluding hydrogens is 370 g/mol. The first-order chi connectivity index (χ1) is 8.03. The van der Waals surface area contributed by atoms with Gasteiger partial charge in [0.25, 0.3) is 0 Å². The summed E-state index contributed by atoms with van der Waals surface area (Å²) in [4.78, 5) is 20.4. The van der Waals surface area contributed by atoms with Gasteiger partial charge in [-0.1, -0.05) is 0 Å². The largest absolute Gasteiger partial charge is 1.00 e. The molecule has 2 aliphatic rings. The van der Waals surface area contributed by atoms with Crippen LogP contribution >= 0.6 is 0 Å². The smallest absolute Gasteiger partial charge is 0.731 e. The van der Waals surface area contributed by atoms with Crippen LogP contribution in [0.1, 0.15) is 12.8 Å². The summed E-state index contributed by atoms with van der Waals surface area (Å²) in [6, 6.07) is 0. The molecule has 0 spiro atoms. The van der Waals surface area contributed by atoms with Crippen LogP contribution in [0, 0.1) is 0 Å². The van der Waals surface area contributed by atoms with E-state index < -0.39 is 32.4 Å². The van der Waals surface area contributed by atoms with Crippen LogP contribution < -0.4 is 103 Å². The predicted molar refractivity (Wildman–Crippen MR) is 52.1 cm³/mol. The molecule has 0 aromatic carbocycles. The minimum absolute atomic E-state index is 0. The van der Waals surface area contributed by atoms with Gasteiger partial charge in [0.1, 0.15) is 0 Å². The van der Waals surface area contributed by atoms with Crippen molar-refractivity contribution in [2.24, 2.45) is 0 Å². The maximum atomic E-state index is 10.2. The summed E-state index contributed by atoms with van der Waals surface area (Å²) in [5, 5.41) is 0. The van der Waals surface area contributed by atoms with Crippen molar-refractivity contribution in [1.29, 1.82) is 0 Å². The molecular formula is C6H8K2N2O8S2. The van der Waals surface area contributed by atoms with Crippen molar-refractivity contribution in [2.45, 2.75) is 12.8 Å². The first-order valence-corrected chi connectivity index (χ1v) is 7.29. The molecule has 2 saturated heterocycles. The Kier molecular flexibility index (Phi) is 11.4. The molecule has 104 valence electrons. The average Bonchev–Trinajstić information content (AvgIpc) is 2.08. The Balaban J connectivity index is 0. The third-order valence-electron chi connectivity index (χ3n) is 2.15. The minimum Gasteiger partial charge on any atom is -0.731 e. The van der Waals surface area contributed by atoms with E-state index in [1.165, 1.54) is 0 Å². The van der Waals surface area contributed by atoms with Crippen molar-refractivity contribution in [2.75, 3.05) is 13.1 Å². The van der Waals surface area contributed by atoms with Gasteiger partial charge in [-0.05, 0) is 0 Å². The van der Waals surface area contributed by atoms with Crippen LogP contribution in [0.25, 0.3) is 0 Å². The van der Waals surface area contributed by atoms with Crippen molar-refractivity contribution in [1.82, 2.24) is 8.61 Å². The van der Waals surface area contributed by atoms with E-state index in [2.05, 4.69) is 0 Å². The van der Waals surface area contributed by atoms with Crippen molar-refractivity contribution in [3.63, 3.8) is 0 Å². The normalized spacial score (nSPS) is 17.7. The van der Waals surface area contributed by atoms with E-state index >= 15 is 0 Å². The summed E-state index contributed by atoms with van der Waals surface area (Å²) in [5.74, 6) is -1.21. The second kappa shape index (κ2) is 9.36. The zero-order chi connectivity index (χ0) is 14.1. The second-order valence-corrected chi connectivity index (χ2v) is 5.94. The Morgan fingerprint density at radius 2 is 1.00 bits per heavy atom. The molecule has 2 aliphatic heterocycles. The fraction of sp³-hybridized carbons (Fsp3) is 0.667. The molecule has 0 aromatic rings. The second-order valence-electron chi connectivity index (χ2n) is 3.35. The molecule has 2 amide bonds. The molecule has 0 bridgehead atoms. The molecule has 20 heavy (non-hydrogen) atoms. The van der Waals surface area contributed by atoms with Gasteiger partial charge in [-0.15, -0.1) is 0 Å². The van der Waals surface area contributed by atoms with Gasteiger partial charge < -0.3 is 9.11 Å². The Labute approximate surface area is 201 Å². The van der Waals surface area contributed by atoms with Gasteiger partial charge in [-0.3, -0.25) is 9.59 Å². The fourth-order valence-corrected chi connectivity index (χ4v) is 2.37. The van der Waals surface area contributed by atoms with Gasteiger partial charge >= 0.3 is 103 Å². The zero-order valence-electron chi connectivity index (χ0n) is 10.8. The Hall–Kier alpha value is 2.03. The van der Waals surface area contributed by atoms with Crippen LogP contribution in [0.3, 0.4) is 0 Å². The van der Waals surface area contributed by atoms with Crippen LogP contribution in [-0.2, 0) is 30.2 Å². The van der Waals surface area contributed by atoms with Crippen molar-refractivity contribution >= 4 is 32.4 Å². The number of nitrogens with zero attached hydrogens (tertiary/aromatic N) is 2. The predicted octanol–water partition coefficient (Wildman–Crippen LogP) is -8.63. The summed E-state index contributed by atoms with van der Waals surface area (Å²) < 4.78 is 60.5. The summed E-state index contributed by atoms with van der Waals surface area (Å²) in [6.07, 6.45) is 0.336. The van der Waals surface area contributed by atoms with Gasteiger partial charge in [0, 0.05) is 25.9 Å². The Bertz CT molecular complexity index is 522. The van der Waals surface area contributed by atoms with E-state index in [1.807, 2.05) is 0 Å². The van der Waals surface area contributed by atoms with Crippen molar-refractivity contribution in [3.8, 4) is 0 Å². The molecule has 10 nitrogen and oxygen atoms in total. The van der Waals surface area contributed by atoms with Crippen molar-refractivity contribution in [3.05, 3.63) is 0 Å². The summed E-state index contributed by atoms with van der Waals surface area (Å²) >= 11 is 0. The number of β-lactam (4-membered cyclic amide) rings is 2. The number of rotatable bonds is 2. The quantitative estimate of drug-likeness (QED) is 0.260. The Morgan fingerprint density at radius 1 is 0.750 bits per heavy atom. The molecule has 2 rings (SSSR count). The molecule has 2 heterocycles. The third kappa shape index (κ3) is 7.07. The van der Waals surface area contributed by atoms with Gasteiger partial charge in [-0.2, -0.15) is 0 Å². The number of carbonyl (C=O) groups is 2. The number of hydrogen-bond acceptors (Lipinski definition) is 8. The number of carbonyl (C=O) groups excluding carboxylic acids is 2. The van der Waals surface area contributed by atoms with Crippen LogP contribution in [0.2, 0.25) is 0 Å². The van der Waals surface area contributed by atoms with Crippen LogP contribution in [0.5, 0.6) is 0 Å². The van der Waals surface area contributed by atoms with Gasteiger partial charge in [0.15, 0.2) is 20.6 Å². The van der Waals surface area contributed by atoms with Gasteiger partial charge in [0.2, 0.25) is 11.8 Å². The fourth-order valence-electron chi connectivity index (χ4n) is 1.06. The first kappa shape index (κ1) is 24.3. The van der Waals surface area contributed by atoms with Crippen LogP contribution in [-0.4, -0.2) is 59.5 Å². The summed E-state index contributed by atoms with van der Waals surface area (Å²) in [6.45, 7) is 0.0926. The Morgan fingerprint density at radius 3 is 1.00 bits per heavy atom.